The Hall–Kier alpha value is -2.24. The van der Waals surface area contributed by atoms with Crippen LogP contribution in [0.3, 0.4) is 0 Å². The third kappa shape index (κ3) is 5.27. The number of piperazine rings is 1. The lowest BCUT2D eigenvalue weighted by molar-refractivity contribution is -0.386. The van der Waals surface area contributed by atoms with E-state index in [2.05, 4.69) is 0 Å². The molecule has 1 aromatic rings. The van der Waals surface area contributed by atoms with E-state index in [-0.39, 0.29) is 48.3 Å². The standard InChI is InChI=1S/C19H30N4O6S/c1-14(2)22(15(3)4)19(24)13-20-8-10-21(11-9-20)30(27,28)16-6-7-18(29-5)17(12-16)23(25)26/h6-7,12,14-15H,8-11,13H2,1-5H3. The van der Waals surface area contributed by atoms with Gasteiger partial charge in [-0.1, -0.05) is 0 Å². The second-order valence-electron chi connectivity index (χ2n) is 7.76. The van der Waals surface area contributed by atoms with E-state index in [9.17, 15) is 23.3 Å². The summed E-state index contributed by atoms with van der Waals surface area (Å²) < 4.78 is 32.1. The molecular formula is C19H30N4O6S. The molecule has 1 heterocycles. The number of methoxy groups -OCH3 is 1. The van der Waals surface area contributed by atoms with Crippen LogP contribution in [-0.2, 0) is 14.8 Å². The number of nitro benzene ring substituents is 1. The van der Waals surface area contributed by atoms with Gasteiger partial charge in [0.25, 0.3) is 0 Å². The first-order valence-corrected chi connectivity index (χ1v) is 11.3. The summed E-state index contributed by atoms with van der Waals surface area (Å²) in [7, 11) is -2.60. The first-order valence-electron chi connectivity index (χ1n) is 9.85. The average molecular weight is 443 g/mol. The number of nitrogens with zero attached hydrogens (tertiary/aromatic N) is 4. The lowest BCUT2D eigenvalue weighted by Crippen LogP contribution is -2.53. The Morgan fingerprint density at radius 3 is 2.20 bits per heavy atom. The molecule has 0 atom stereocenters. The van der Waals surface area contributed by atoms with Crippen molar-refractivity contribution in [3.8, 4) is 5.75 Å². The second kappa shape index (κ2) is 9.71. The summed E-state index contributed by atoms with van der Waals surface area (Å²) in [5.74, 6) is 0.0178. The Balaban J connectivity index is 2.08. The van der Waals surface area contributed by atoms with Crippen molar-refractivity contribution in [2.45, 2.75) is 44.7 Å². The molecule has 0 radical (unpaired) electrons. The summed E-state index contributed by atoms with van der Waals surface area (Å²) in [6, 6.07) is 3.79. The molecule has 0 spiro atoms. The Morgan fingerprint density at radius 1 is 1.17 bits per heavy atom. The van der Waals surface area contributed by atoms with Gasteiger partial charge in [0.15, 0.2) is 5.75 Å². The van der Waals surface area contributed by atoms with Crippen LogP contribution in [0.5, 0.6) is 5.75 Å². The predicted octanol–water partition coefficient (Wildman–Crippen LogP) is 1.56. The van der Waals surface area contributed by atoms with Crippen LogP contribution in [0.1, 0.15) is 27.7 Å². The SMILES string of the molecule is COc1ccc(S(=O)(=O)N2CCN(CC(=O)N(C(C)C)C(C)C)CC2)cc1[N+](=O)[O-]. The van der Waals surface area contributed by atoms with Crippen LogP contribution in [0.25, 0.3) is 0 Å². The highest BCUT2D eigenvalue weighted by molar-refractivity contribution is 7.89. The monoisotopic (exact) mass is 442 g/mol. The van der Waals surface area contributed by atoms with E-state index in [4.69, 9.17) is 4.74 Å². The number of hydrogen-bond acceptors (Lipinski definition) is 7. The van der Waals surface area contributed by atoms with E-state index in [0.717, 1.165) is 6.07 Å². The molecule has 1 fully saturated rings. The summed E-state index contributed by atoms with van der Waals surface area (Å²) >= 11 is 0. The molecule has 1 aliphatic rings. The van der Waals surface area contributed by atoms with Gasteiger partial charge < -0.3 is 9.64 Å². The number of amides is 1. The van der Waals surface area contributed by atoms with Crippen molar-refractivity contribution < 1.29 is 22.9 Å². The Kier molecular flexibility index (Phi) is 7.78. The minimum absolute atomic E-state index is 0.00198. The minimum atomic E-state index is -3.89. The molecule has 0 saturated carbocycles. The van der Waals surface area contributed by atoms with Crippen LogP contribution in [0.15, 0.2) is 23.1 Å². The first kappa shape index (κ1) is 24.0. The highest BCUT2D eigenvalue weighted by Gasteiger charge is 2.32. The van der Waals surface area contributed by atoms with Crippen molar-refractivity contribution >= 4 is 21.6 Å². The van der Waals surface area contributed by atoms with Gasteiger partial charge in [-0.2, -0.15) is 4.31 Å². The van der Waals surface area contributed by atoms with Gasteiger partial charge in [-0.25, -0.2) is 8.42 Å². The van der Waals surface area contributed by atoms with E-state index in [1.165, 1.54) is 23.5 Å². The molecular weight excluding hydrogens is 412 g/mol. The molecule has 1 aliphatic heterocycles. The summed E-state index contributed by atoms with van der Waals surface area (Å²) in [6.07, 6.45) is 0. The van der Waals surface area contributed by atoms with Gasteiger partial charge in [0.1, 0.15) is 0 Å². The fourth-order valence-electron chi connectivity index (χ4n) is 3.70. The smallest absolute Gasteiger partial charge is 0.312 e. The van der Waals surface area contributed by atoms with Crippen molar-refractivity contribution in [2.75, 3.05) is 39.8 Å². The molecule has 10 nitrogen and oxygen atoms in total. The van der Waals surface area contributed by atoms with Gasteiger partial charge in [-0.05, 0) is 39.8 Å². The Labute approximate surface area is 177 Å². The van der Waals surface area contributed by atoms with E-state index in [1.807, 2.05) is 37.5 Å². The topological polar surface area (TPSA) is 113 Å². The van der Waals surface area contributed by atoms with Gasteiger partial charge in [-0.15, -0.1) is 0 Å². The summed E-state index contributed by atoms with van der Waals surface area (Å²) in [6.45, 7) is 9.34. The highest BCUT2D eigenvalue weighted by atomic mass is 32.2. The van der Waals surface area contributed by atoms with Gasteiger partial charge in [0.2, 0.25) is 15.9 Å². The van der Waals surface area contributed by atoms with Crippen molar-refractivity contribution in [3.05, 3.63) is 28.3 Å². The molecule has 0 N–H and O–H groups in total. The maximum Gasteiger partial charge on any atom is 0.312 e. The van der Waals surface area contributed by atoms with Crippen molar-refractivity contribution in [3.63, 3.8) is 0 Å². The first-order chi connectivity index (χ1) is 14.0. The summed E-state index contributed by atoms with van der Waals surface area (Å²) in [5.41, 5.74) is -0.398. The molecule has 1 saturated heterocycles. The fourth-order valence-corrected chi connectivity index (χ4v) is 5.14. The molecule has 30 heavy (non-hydrogen) atoms. The number of rotatable bonds is 8. The molecule has 11 heteroatoms. The summed E-state index contributed by atoms with van der Waals surface area (Å²) in [4.78, 5) is 26.8. The maximum atomic E-state index is 12.9. The zero-order valence-electron chi connectivity index (χ0n) is 18.1. The van der Waals surface area contributed by atoms with Gasteiger partial charge in [-0.3, -0.25) is 19.8 Å². The molecule has 0 aromatic heterocycles. The average Bonchev–Trinajstić information content (AvgIpc) is 2.67. The largest absolute Gasteiger partial charge is 0.490 e. The molecule has 2 rings (SSSR count). The van der Waals surface area contributed by atoms with Crippen LogP contribution in [-0.4, -0.2) is 85.3 Å². The number of hydrogen-bond donors (Lipinski definition) is 0. The van der Waals surface area contributed by atoms with Crippen LogP contribution >= 0.6 is 0 Å². The number of carbonyl (C=O) groups excluding carboxylic acids is 1. The Bertz CT molecular complexity index is 871. The number of carbonyl (C=O) groups is 1. The minimum Gasteiger partial charge on any atom is -0.490 e. The van der Waals surface area contributed by atoms with Crippen LogP contribution in [0.4, 0.5) is 5.69 Å². The second-order valence-corrected chi connectivity index (χ2v) is 9.70. The lowest BCUT2D eigenvalue weighted by atomic mass is 10.2. The highest BCUT2D eigenvalue weighted by Crippen LogP contribution is 2.30. The van der Waals surface area contributed by atoms with Crippen molar-refractivity contribution in [2.24, 2.45) is 0 Å². The third-order valence-corrected chi connectivity index (χ3v) is 6.97. The number of benzene rings is 1. The van der Waals surface area contributed by atoms with E-state index in [1.54, 1.807) is 0 Å². The number of sulfonamides is 1. The summed E-state index contributed by atoms with van der Waals surface area (Å²) in [5, 5.41) is 11.2. The quantitative estimate of drug-likeness (QED) is 0.443. The van der Waals surface area contributed by atoms with Crippen LogP contribution in [0, 0.1) is 10.1 Å². The van der Waals surface area contributed by atoms with E-state index >= 15 is 0 Å². The zero-order valence-corrected chi connectivity index (χ0v) is 18.9. The molecule has 168 valence electrons. The van der Waals surface area contributed by atoms with Gasteiger partial charge in [0.05, 0.1) is 23.5 Å². The third-order valence-electron chi connectivity index (χ3n) is 5.08. The zero-order chi connectivity index (χ0) is 22.6. The van der Waals surface area contributed by atoms with Crippen molar-refractivity contribution in [1.29, 1.82) is 0 Å². The normalized spacial score (nSPS) is 16.1. The lowest BCUT2D eigenvalue weighted by Gasteiger charge is -2.36. The van der Waals surface area contributed by atoms with Gasteiger partial charge in [0, 0.05) is 44.3 Å². The van der Waals surface area contributed by atoms with E-state index < -0.39 is 20.6 Å². The molecule has 1 aromatic carbocycles. The number of ether oxygens (including phenoxy) is 1. The molecule has 0 bridgehead atoms. The van der Waals surface area contributed by atoms with Crippen LogP contribution < -0.4 is 4.74 Å². The van der Waals surface area contributed by atoms with E-state index in [0.29, 0.717) is 13.1 Å². The number of nitro groups is 1. The predicted molar refractivity (Wildman–Crippen MR) is 112 cm³/mol. The maximum absolute atomic E-state index is 12.9. The molecule has 0 aliphatic carbocycles. The molecule has 0 unspecified atom stereocenters. The fraction of sp³-hybridized carbons (Fsp3) is 0.632. The van der Waals surface area contributed by atoms with Gasteiger partial charge >= 0.3 is 5.69 Å². The van der Waals surface area contributed by atoms with Crippen molar-refractivity contribution in [1.82, 2.24) is 14.1 Å². The Morgan fingerprint density at radius 2 is 1.73 bits per heavy atom. The molecule has 1 amide bonds. The van der Waals surface area contributed by atoms with Crippen LogP contribution in [0.2, 0.25) is 0 Å².